The minimum atomic E-state index is 0.472. The minimum Gasteiger partial charge on any atom is -0.497 e. The number of oxazole rings is 1. The number of hydrogen-bond acceptors (Lipinski definition) is 4. The molecule has 4 nitrogen and oxygen atoms in total. The molecule has 0 spiro atoms. The first-order valence-corrected chi connectivity index (χ1v) is 5.89. The third-order valence-electron chi connectivity index (χ3n) is 2.85. The predicted molar refractivity (Wildman–Crippen MR) is 67.2 cm³/mol. The number of fused-ring (bicyclic) bond motifs is 1. The fourth-order valence-corrected chi connectivity index (χ4v) is 1.56. The van der Waals surface area contributed by atoms with Crippen molar-refractivity contribution >= 4 is 11.1 Å². The van der Waals surface area contributed by atoms with Crippen LogP contribution in [0.5, 0.6) is 5.75 Å². The van der Waals surface area contributed by atoms with Gasteiger partial charge in [-0.25, -0.2) is 4.98 Å². The third kappa shape index (κ3) is 2.77. The highest BCUT2D eigenvalue weighted by Gasteiger charge is 2.07. The van der Waals surface area contributed by atoms with Crippen LogP contribution in [0.15, 0.2) is 22.6 Å². The largest absolute Gasteiger partial charge is 0.497 e. The minimum absolute atomic E-state index is 0.472. The van der Waals surface area contributed by atoms with E-state index in [1.54, 1.807) is 7.11 Å². The average Bonchev–Trinajstić information content (AvgIpc) is 2.77. The van der Waals surface area contributed by atoms with E-state index in [9.17, 15) is 0 Å². The van der Waals surface area contributed by atoms with E-state index in [2.05, 4.69) is 24.1 Å². The second kappa shape index (κ2) is 5.19. The Morgan fingerprint density at radius 3 is 3.00 bits per heavy atom. The van der Waals surface area contributed by atoms with Crippen molar-refractivity contribution in [1.29, 1.82) is 0 Å². The Bertz CT molecular complexity index is 493. The van der Waals surface area contributed by atoms with Crippen molar-refractivity contribution in [2.45, 2.75) is 32.9 Å². The fourth-order valence-electron chi connectivity index (χ4n) is 1.56. The summed E-state index contributed by atoms with van der Waals surface area (Å²) in [6.45, 7) is 4.95. The topological polar surface area (TPSA) is 47.3 Å². The molecule has 1 unspecified atom stereocenters. The number of nitrogens with one attached hydrogen (secondary N) is 1. The molecule has 2 rings (SSSR count). The van der Waals surface area contributed by atoms with Gasteiger partial charge in [0.25, 0.3) is 0 Å². The quantitative estimate of drug-likeness (QED) is 0.864. The summed E-state index contributed by atoms with van der Waals surface area (Å²) < 4.78 is 10.8. The van der Waals surface area contributed by atoms with E-state index in [4.69, 9.17) is 9.15 Å². The molecule has 1 atom stereocenters. The molecule has 0 radical (unpaired) electrons. The number of hydrogen-bond donors (Lipinski definition) is 1. The molecule has 1 heterocycles. The zero-order chi connectivity index (χ0) is 12.3. The van der Waals surface area contributed by atoms with E-state index in [0.29, 0.717) is 18.5 Å². The summed E-state index contributed by atoms with van der Waals surface area (Å²) in [5.74, 6) is 1.50. The molecule has 0 aliphatic carbocycles. The van der Waals surface area contributed by atoms with Crippen molar-refractivity contribution in [1.82, 2.24) is 10.3 Å². The maximum Gasteiger partial charge on any atom is 0.209 e. The van der Waals surface area contributed by atoms with Crippen LogP contribution in [0.25, 0.3) is 11.1 Å². The van der Waals surface area contributed by atoms with Crippen molar-refractivity contribution in [3.8, 4) is 5.75 Å². The van der Waals surface area contributed by atoms with Crippen molar-refractivity contribution in [2.24, 2.45) is 0 Å². The van der Waals surface area contributed by atoms with Crippen LogP contribution in [0.1, 0.15) is 26.2 Å². The monoisotopic (exact) mass is 234 g/mol. The van der Waals surface area contributed by atoms with Crippen molar-refractivity contribution in [2.75, 3.05) is 7.11 Å². The van der Waals surface area contributed by atoms with E-state index in [1.807, 2.05) is 18.2 Å². The summed E-state index contributed by atoms with van der Waals surface area (Å²) in [5.41, 5.74) is 1.64. The van der Waals surface area contributed by atoms with Gasteiger partial charge in [-0.3, -0.25) is 0 Å². The lowest BCUT2D eigenvalue weighted by Crippen LogP contribution is -2.24. The normalized spacial score (nSPS) is 12.9. The molecular weight excluding hydrogens is 216 g/mol. The molecule has 0 aliphatic heterocycles. The van der Waals surface area contributed by atoms with Crippen LogP contribution in [-0.4, -0.2) is 18.1 Å². The van der Waals surface area contributed by atoms with E-state index in [0.717, 1.165) is 23.3 Å². The lowest BCUT2D eigenvalue weighted by atomic mass is 10.3. The van der Waals surface area contributed by atoms with Crippen LogP contribution in [0.4, 0.5) is 0 Å². The Labute approximate surface area is 101 Å². The van der Waals surface area contributed by atoms with Crippen LogP contribution >= 0.6 is 0 Å². The molecule has 17 heavy (non-hydrogen) atoms. The van der Waals surface area contributed by atoms with E-state index in [1.165, 1.54) is 0 Å². The van der Waals surface area contributed by atoms with Gasteiger partial charge in [0.2, 0.25) is 5.89 Å². The molecule has 1 aromatic carbocycles. The first-order chi connectivity index (χ1) is 8.22. The maximum absolute atomic E-state index is 5.65. The lowest BCUT2D eigenvalue weighted by molar-refractivity contribution is 0.413. The number of methoxy groups -OCH3 is 1. The van der Waals surface area contributed by atoms with Gasteiger partial charge in [0.05, 0.1) is 13.7 Å². The van der Waals surface area contributed by atoms with Crippen LogP contribution in [0.2, 0.25) is 0 Å². The summed E-state index contributed by atoms with van der Waals surface area (Å²) in [7, 11) is 1.64. The van der Waals surface area contributed by atoms with Gasteiger partial charge in [0, 0.05) is 12.1 Å². The van der Waals surface area contributed by atoms with Crippen molar-refractivity contribution in [3.05, 3.63) is 24.1 Å². The number of ether oxygens (including phenoxy) is 1. The lowest BCUT2D eigenvalue weighted by Gasteiger charge is -2.07. The molecule has 0 bridgehead atoms. The van der Waals surface area contributed by atoms with Gasteiger partial charge >= 0.3 is 0 Å². The second-order valence-corrected chi connectivity index (χ2v) is 4.13. The van der Waals surface area contributed by atoms with Gasteiger partial charge in [0.1, 0.15) is 11.3 Å². The highest BCUT2D eigenvalue weighted by molar-refractivity contribution is 5.74. The molecule has 2 aromatic rings. The molecule has 1 N–H and O–H groups in total. The summed E-state index contributed by atoms with van der Waals surface area (Å²) >= 11 is 0. The molecule has 0 fully saturated rings. The molecule has 0 amide bonds. The van der Waals surface area contributed by atoms with Gasteiger partial charge in [-0.15, -0.1) is 0 Å². The van der Waals surface area contributed by atoms with Gasteiger partial charge in [-0.1, -0.05) is 6.92 Å². The third-order valence-corrected chi connectivity index (χ3v) is 2.85. The highest BCUT2D eigenvalue weighted by atomic mass is 16.5. The molecular formula is C13H18N2O2. The zero-order valence-electron chi connectivity index (χ0n) is 10.5. The standard InChI is InChI=1S/C13H18N2O2/c1-4-9(2)14-8-13-15-11-6-5-10(16-3)7-12(11)17-13/h5-7,9,14H,4,8H2,1-3H3. The van der Waals surface area contributed by atoms with Crippen LogP contribution < -0.4 is 10.1 Å². The van der Waals surface area contributed by atoms with Crippen LogP contribution in [-0.2, 0) is 6.54 Å². The zero-order valence-corrected chi connectivity index (χ0v) is 10.5. The highest BCUT2D eigenvalue weighted by Crippen LogP contribution is 2.21. The van der Waals surface area contributed by atoms with Crippen molar-refractivity contribution < 1.29 is 9.15 Å². The molecule has 0 aliphatic rings. The Hall–Kier alpha value is -1.55. The fraction of sp³-hybridized carbons (Fsp3) is 0.462. The van der Waals surface area contributed by atoms with E-state index in [-0.39, 0.29) is 0 Å². The Kier molecular flexibility index (Phi) is 3.64. The summed E-state index contributed by atoms with van der Waals surface area (Å²) in [6, 6.07) is 6.12. The van der Waals surface area contributed by atoms with Gasteiger partial charge < -0.3 is 14.5 Å². The summed E-state index contributed by atoms with van der Waals surface area (Å²) in [5, 5.41) is 3.35. The van der Waals surface area contributed by atoms with Crippen LogP contribution in [0.3, 0.4) is 0 Å². The Balaban J connectivity index is 2.14. The van der Waals surface area contributed by atoms with Gasteiger partial charge in [-0.2, -0.15) is 0 Å². The molecule has 0 saturated carbocycles. The number of aromatic nitrogens is 1. The maximum atomic E-state index is 5.65. The first-order valence-electron chi connectivity index (χ1n) is 5.89. The average molecular weight is 234 g/mol. The smallest absolute Gasteiger partial charge is 0.209 e. The predicted octanol–water partition coefficient (Wildman–Crippen LogP) is 2.72. The SMILES string of the molecule is CCC(C)NCc1nc2ccc(OC)cc2o1. The molecule has 4 heteroatoms. The van der Waals surface area contributed by atoms with E-state index < -0.39 is 0 Å². The number of benzene rings is 1. The van der Waals surface area contributed by atoms with Gasteiger partial charge in [-0.05, 0) is 25.5 Å². The number of nitrogens with zero attached hydrogens (tertiary/aromatic N) is 1. The Morgan fingerprint density at radius 2 is 2.29 bits per heavy atom. The second-order valence-electron chi connectivity index (χ2n) is 4.13. The summed E-state index contributed by atoms with van der Waals surface area (Å²) in [6.07, 6.45) is 1.09. The molecule has 0 saturated heterocycles. The Morgan fingerprint density at radius 1 is 1.47 bits per heavy atom. The first kappa shape index (κ1) is 11.9. The molecule has 1 aromatic heterocycles. The summed E-state index contributed by atoms with van der Waals surface area (Å²) in [4.78, 5) is 4.41. The van der Waals surface area contributed by atoms with E-state index >= 15 is 0 Å². The van der Waals surface area contributed by atoms with Crippen molar-refractivity contribution in [3.63, 3.8) is 0 Å². The number of rotatable bonds is 5. The van der Waals surface area contributed by atoms with Crippen LogP contribution in [0, 0.1) is 0 Å². The van der Waals surface area contributed by atoms with Gasteiger partial charge in [0.15, 0.2) is 5.58 Å². The molecule has 92 valence electrons.